The van der Waals surface area contributed by atoms with Gasteiger partial charge in [0.1, 0.15) is 13.2 Å². The molecule has 0 spiro atoms. The molecule has 1 unspecified atom stereocenters. The molecule has 0 aromatic heterocycles. The molecule has 0 aliphatic rings. The number of carbonyl (C=O) groups excluding carboxylic acids is 3. The molecule has 0 saturated carbocycles. The Morgan fingerprint density at radius 1 is 0.263 bits per heavy atom. The van der Waals surface area contributed by atoms with E-state index in [-0.39, 0.29) is 31.1 Å². The smallest absolute Gasteiger partial charge is 0.306 e. The predicted octanol–water partition coefficient (Wildman–Crippen LogP) is 22.9. The van der Waals surface area contributed by atoms with Gasteiger partial charge in [-0.15, -0.1) is 0 Å². The van der Waals surface area contributed by atoms with E-state index in [1.54, 1.807) is 0 Å². The van der Waals surface area contributed by atoms with E-state index in [4.69, 9.17) is 14.2 Å². The van der Waals surface area contributed by atoms with Crippen molar-refractivity contribution >= 4 is 17.9 Å². The zero-order valence-electron chi connectivity index (χ0n) is 51.0. The van der Waals surface area contributed by atoms with E-state index in [2.05, 4.69) is 69.4 Å². The monoisotopic (exact) mass is 1060 g/mol. The highest BCUT2D eigenvalue weighted by molar-refractivity contribution is 5.71. The molecule has 0 aromatic carbocycles. The second-order valence-electron chi connectivity index (χ2n) is 22.7. The number of unbranched alkanes of at least 4 members (excludes halogenated alkanes) is 43. The van der Waals surface area contributed by atoms with Crippen LogP contribution >= 0.6 is 0 Å². The Hall–Kier alpha value is -2.63. The molecule has 6 nitrogen and oxygen atoms in total. The molecule has 76 heavy (non-hydrogen) atoms. The summed E-state index contributed by atoms with van der Waals surface area (Å²) < 4.78 is 17.0. The molecule has 1 atom stereocenters. The molecule has 0 fully saturated rings. The summed E-state index contributed by atoms with van der Waals surface area (Å²) in [6, 6.07) is 0. The Morgan fingerprint density at radius 3 is 0.750 bits per heavy atom. The Labute approximate surface area is 473 Å². The molecule has 444 valence electrons. The molecular weight excluding hydrogens is 937 g/mol. The van der Waals surface area contributed by atoms with Crippen LogP contribution < -0.4 is 0 Å². The van der Waals surface area contributed by atoms with Crippen LogP contribution in [-0.4, -0.2) is 37.2 Å². The molecule has 0 heterocycles. The molecule has 6 heteroatoms. The Kier molecular flexibility index (Phi) is 62.6. The van der Waals surface area contributed by atoms with Gasteiger partial charge in [-0.2, -0.15) is 0 Å². The number of hydrogen-bond acceptors (Lipinski definition) is 6. The molecule has 0 aliphatic heterocycles. The standard InChI is InChI=1S/C70H128O6/c1-4-7-10-13-16-19-22-25-28-31-33-34-35-37-39-42-45-48-51-54-57-60-63-69(72)75-66-67(65-74-68(71)62-59-56-53-50-47-44-41-38-30-27-24-21-18-15-12-9-6-3)76-70(73)64-61-58-55-52-49-46-43-40-36-32-29-26-23-20-17-14-11-8-5-2/h17-18,20-21,26-27,29-30,67H,4-16,19,22-25,28,31-66H2,1-3H3/b20-17-,21-18-,29-26-,30-27-. The first-order valence-corrected chi connectivity index (χ1v) is 33.6. The lowest BCUT2D eigenvalue weighted by Gasteiger charge is -2.18. The number of rotatable bonds is 62. The van der Waals surface area contributed by atoms with E-state index < -0.39 is 6.10 Å². The molecule has 0 N–H and O–H groups in total. The molecule has 0 aromatic rings. The number of esters is 3. The molecule has 0 aliphatic carbocycles. The summed E-state index contributed by atoms with van der Waals surface area (Å²) >= 11 is 0. The summed E-state index contributed by atoms with van der Waals surface area (Å²) in [4.78, 5) is 38.4. The van der Waals surface area contributed by atoms with E-state index in [9.17, 15) is 14.4 Å². The largest absolute Gasteiger partial charge is 0.462 e. The van der Waals surface area contributed by atoms with E-state index >= 15 is 0 Å². The van der Waals surface area contributed by atoms with Crippen LogP contribution in [-0.2, 0) is 28.6 Å². The highest BCUT2D eigenvalue weighted by Gasteiger charge is 2.19. The van der Waals surface area contributed by atoms with Crippen LogP contribution in [0.25, 0.3) is 0 Å². The topological polar surface area (TPSA) is 78.9 Å². The van der Waals surface area contributed by atoms with Crippen molar-refractivity contribution < 1.29 is 28.6 Å². The lowest BCUT2D eigenvalue weighted by Crippen LogP contribution is -2.30. The van der Waals surface area contributed by atoms with Gasteiger partial charge in [0.25, 0.3) is 0 Å². The third-order valence-corrected chi connectivity index (χ3v) is 15.1. The maximum absolute atomic E-state index is 12.9. The van der Waals surface area contributed by atoms with Gasteiger partial charge in [0.05, 0.1) is 0 Å². The maximum atomic E-state index is 12.9. The van der Waals surface area contributed by atoms with E-state index in [0.717, 1.165) is 77.0 Å². The molecule has 0 radical (unpaired) electrons. The van der Waals surface area contributed by atoms with Gasteiger partial charge in [0, 0.05) is 19.3 Å². The summed E-state index contributed by atoms with van der Waals surface area (Å²) in [5.41, 5.74) is 0. The van der Waals surface area contributed by atoms with Gasteiger partial charge in [-0.1, -0.05) is 307 Å². The zero-order valence-corrected chi connectivity index (χ0v) is 51.0. The second-order valence-corrected chi connectivity index (χ2v) is 22.7. The summed E-state index contributed by atoms with van der Waals surface area (Å²) in [5, 5.41) is 0. The van der Waals surface area contributed by atoms with Crippen molar-refractivity contribution in [2.24, 2.45) is 0 Å². The van der Waals surface area contributed by atoms with Gasteiger partial charge in [0.2, 0.25) is 0 Å². The van der Waals surface area contributed by atoms with Gasteiger partial charge in [-0.05, 0) is 83.5 Å². The molecule has 0 bridgehead atoms. The average Bonchev–Trinajstić information content (AvgIpc) is 3.42. The van der Waals surface area contributed by atoms with Crippen molar-refractivity contribution in [3.8, 4) is 0 Å². The van der Waals surface area contributed by atoms with E-state index in [0.29, 0.717) is 19.3 Å². The number of ether oxygens (including phenoxy) is 3. The minimum atomic E-state index is -0.778. The van der Waals surface area contributed by atoms with Crippen LogP contribution in [0.3, 0.4) is 0 Å². The molecular formula is C70H128O6. The van der Waals surface area contributed by atoms with Crippen molar-refractivity contribution in [1.82, 2.24) is 0 Å². The number of allylic oxidation sites excluding steroid dienone is 8. The van der Waals surface area contributed by atoms with Crippen LogP contribution in [0.15, 0.2) is 48.6 Å². The second kappa shape index (κ2) is 64.9. The van der Waals surface area contributed by atoms with Crippen molar-refractivity contribution in [3.05, 3.63) is 48.6 Å². The lowest BCUT2D eigenvalue weighted by molar-refractivity contribution is -0.167. The lowest BCUT2D eigenvalue weighted by atomic mass is 10.0. The first kappa shape index (κ1) is 73.4. The normalized spacial score (nSPS) is 12.3. The Morgan fingerprint density at radius 2 is 0.474 bits per heavy atom. The molecule has 0 saturated heterocycles. The van der Waals surface area contributed by atoms with Crippen molar-refractivity contribution in [3.63, 3.8) is 0 Å². The molecule has 0 rings (SSSR count). The highest BCUT2D eigenvalue weighted by Crippen LogP contribution is 2.18. The van der Waals surface area contributed by atoms with Crippen molar-refractivity contribution in [1.29, 1.82) is 0 Å². The Balaban J connectivity index is 4.33. The first-order chi connectivity index (χ1) is 37.5. The summed E-state index contributed by atoms with van der Waals surface area (Å²) in [5.74, 6) is -0.862. The van der Waals surface area contributed by atoms with Crippen molar-refractivity contribution in [2.45, 2.75) is 367 Å². The minimum absolute atomic E-state index is 0.0735. The summed E-state index contributed by atoms with van der Waals surface area (Å²) in [6.07, 6.45) is 81.2. The first-order valence-electron chi connectivity index (χ1n) is 33.6. The zero-order chi connectivity index (χ0) is 55.0. The average molecular weight is 1070 g/mol. The fraction of sp³-hybridized carbons (Fsp3) is 0.843. The van der Waals surface area contributed by atoms with Gasteiger partial charge >= 0.3 is 17.9 Å². The highest BCUT2D eigenvalue weighted by atomic mass is 16.6. The van der Waals surface area contributed by atoms with Gasteiger partial charge in [0.15, 0.2) is 6.10 Å². The van der Waals surface area contributed by atoms with Crippen molar-refractivity contribution in [2.75, 3.05) is 13.2 Å². The maximum Gasteiger partial charge on any atom is 0.306 e. The Bertz CT molecular complexity index is 1310. The fourth-order valence-corrected chi connectivity index (χ4v) is 9.98. The van der Waals surface area contributed by atoms with Gasteiger partial charge in [-0.3, -0.25) is 14.4 Å². The minimum Gasteiger partial charge on any atom is -0.462 e. The van der Waals surface area contributed by atoms with Crippen LogP contribution in [0.5, 0.6) is 0 Å². The van der Waals surface area contributed by atoms with E-state index in [1.165, 1.54) is 244 Å². The summed E-state index contributed by atoms with van der Waals surface area (Å²) in [6.45, 7) is 6.64. The van der Waals surface area contributed by atoms with Crippen LogP contribution in [0.1, 0.15) is 361 Å². The number of hydrogen-bond donors (Lipinski definition) is 0. The fourth-order valence-electron chi connectivity index (χ4n) is 9.98. The van der Waals surface area contributed by atoms with Gasteiger partial charge < -0.3 is 14.2 Å². The predicted molar refractivity (Wildman–Crippen MR) is 330 cm³/mol. The summed E-state index contributed by atoms with van der Waals surface area (Å²) in [7, 11) is 0. The van der Waals surface area contributed by atoms with Gasteiger partial charge in [-0.25, -0.2) is 0 Å². The van der Waals surface area contributed by atoms with Crippen LogP contribution in [0.2, 0.25) is 0 Å². The third kappa shape index (κ3) is 62.2. The van der Waals surface area contributed by atoms with E-state index in [1.807, 2.05) is 0 Å². The number of carbonyl (C=O) groups is 3. The SMILES string of the molecule is CCCCC/C=C\C/C=C\CCCCCCCCCCCC(=O)OC(COC(=O)CCCCCCCCC/C=C\C/C=C\CCCCC)COC(=O)CCCCCCCCCCCCCCCCCCCCCCCC. The quantitative estimate of drug-likeness (QED) is 0.0261. The van der Waals surface area contributed by atoms with Crippen LogP contribution in [0.4, 0.5) is 0 Å². The third-order valence-electron chi connectivity index (χ3n) is 15.1. The van der Waals surface area contributed by atoms with Crippen LogP contribution in [0, 0.1) is 0 Å². The molecule has 0 amide bonds.